The van der Waals surface area contributed by atoms with Gasteiger partial charge in [-0.3, -0.25) is 10.1 Å². The van der Waals surface area contributed by atoms with Crippen molar-refractivity contribution in [1.29, 1.82) is 0 Å². The fourth-order valence-electron chi connectivity index (χ4n) is 5.10. The second-order valence-electron chi connectivity index (χ2n) is 8.29. The molecule has 2 aromatic carbocycles. The number of alkyl halides is 3. The van der Waals surface area contributed by atoms with Crippen LogP contribution in [0, 0.1) is 11.3 Å². The van der Waals surface area contributed by atoms with Crippen molar-refractivity contribution < 1.29 is 37.4 Å². The van der Waals surface area contributed by atoms with Crippen molar-refractivity contribution in [1.82, 2.24) is 5.32 Å². The summed E-state index contributed by atoms with van der Waals surface area (Å²) >= 11 is 0. The van der Waals surface area contributed by atoms with Crippen molar-refractivity contribution in [3.63, 3.8) is 0 Å². The molecule has 7 nitrogen and oxygen atoms in total. The lowest BCUT2D eigenvalue weighted by Gasteiger charge is -2.55. The van der Waals surface area contributed by atoms with Gasteiger partial charge in [-0.15, -0.1) is 0 Å². The first-order chi connectivity index (χ1) is 16.1. The number of ether oxygens (including phenoxy) is 1. The van der Waals surface area contributed by atoms with Gasteiger partial charge in [0.1, 0.15) is 11.3 Å². The molecule has 5 atom stereocenters. The van der Waals surface area contributed by atoms with Crippen molar-refractivity contribution in [2.24, 2.45) is 16.5 Å². The Bertz CT molecular complexity index is 1110. The molecule has 1 spiro atoms. The SMILES string of the molecule is CCOC(=O)[C@H]1[C@H](c2ccccc2)[C@]2(C(=O)ON=C2C)[C@H](c2ccccc2)N[C@]1(O)C(F)(F)F. The monoisotopic (exact) mass is 476 g/mol. The highest BCUT2D eigenvalue weighted by Crippen LogP contribution is 2.61. The van der Waals surface area contributed by atoms with Crippen molar-refractivity contribution in [2.45, 2.75) is 37.7 Å². The van der Waals surface area contributed by atoms with Crippen LogP contribution in [-0.4, -0.2) is 41.3 Å². The van der Waals surface area contributed by atoms with Crippen LogP contribution in [0.15, 0.2) is 65.8 Å². The van der Waals surface area contributed by atoms with Crippen molar-refractivity contribution in [2.75, 3.05) is 6.61 Å². The number of hydrogen-bond donors (Lipinski definition) is 2. The fourth-order valence-corrected chi connectivity index (χ4v) is 5.10. The molecule has 0 saturated carbocycles. The lowest BCUT2D eigenvalue weighted by atomic mass is 9.54. The zero-order chi connectivity index (χ0) is 24.7. The Morgan fingerprint density at radius 3 is 2.15 bits per heavy atom. The summed E-state index contributed by atoms with van der Waals surface area (Å²) in [6, 6.07) is 14.3. The summed E-state index contributed by atoms with van der Waals surface area (Å²) in [5.41, 5.74) is -5.03. The molecule has 34 heavy (non-hydrogen) atoms. The number of esters is 1. The highest BCUT2D eigenvalue weighted by molar-refractivity contribution is 6.11. The Kier molecular flexibility index (Phi) is 5.99. The van der Waals surface area contributed by atoms with Crippen LogP contribution in [0.4, 0.5) is 13.2 Å². The third kappa shape index (κ3) is 3.40. The minimum absolute atomic E-state index is 0.0752. The van der Waals surface area contributed by atoms with E-state index in [0.29, 0.717) is 0 Å². The van der Waals surface area contributed by atoms with Crippen LogP contribution in [0.5, 0.6) is 0 Å². The number of halogens is 3. The zero-order valence-electron chi connectivity index (χ0n) is 18.4. The van der Waals surface area contributed by atoms with E-state index in [-0.39, 0.29) is 23.4 Å². The van der Waals surface area contributed by atoms with Gasteiger partial charge in [-0.1, -0.05) is 65.8 Å². The standard InChI is InChI=1S/C24H23F3N2O5/c1-3-33-20(30)18-17(15-10-6-4-7-11-15)22(14(2)29-34-21(22)31)19(16-12-8-5-9-13-16)28-23(18,32)24(25,26)27/h4-13,17-19,28,32H,3H2,1-2H3/t17-,18+,19-,22-,23+/m0/s1. The molecule has 0 radical (unpaired) electrons. The van der Waals surface area contributed by atoms with Crippen LogP contribution < -0.4 is 5.32 Å². The molecule has 0 unspecified atom stereocenters. The van der Waals surface area contributed by atoms with Crippen molar-refractivity contribution in [3.8, 4) is 0 Å². The van der Waals surface area contributed by atoms with Crippen molar-refractivity contribution in [3.05, 3.63) is 71.8 Å². The van der Waals surface area contributed by atoms with E-state index < -0.39 is 47.1 Å². The van der Waals surface area contributed by atoms with Gasteiger partial charge in [0, 0.05) is 5.92 Å². The van der Waals surface area contributed by atoms with E-state index in [2.05, 4.69) is 10.5 Å². The highest BCUT2D eigenvalue weighted by Gasteiger charge is 2.76. The fraction of sp³-hybridized carbons (Fsp3) is 0.375. The Morgan fingerprint density at radius 1 is 1.12 bits per heavy atom. The maximum Gasteiger partial charge on any atom is 0.431 e. The average Bonchev–Trinajstić information content (AvgIpc) is 3.10. The number of aliphatic hydroxyl groups is 1. The van der Waals surface area contributed by atoms with Gasteiger partial charge in [-0.25, -0.2) is 4.79 Å². The van der Waals surface area contributed by atoms with E-state index in [9.17, 15) is 27.9 Å². The minimum atomic E-state index is -5.31. The molecular formula is C24H23F3N2O5. The Labute approximate surface area is 193 Å². The molecule has 180 valence electrons. The zero-order valence-corrected chi connectivity index (χ0v) is 18.4. The Balaban J connectivity index is 2.09. The third-order valence-corrected chi connectivity index (χ3v) is 6.56. The van der Waals surface area contributed by atoms with Crippen LogP contribution in [-0.2, 0) is 19.2 Å². The predicted octanol–water partition coefficient (Wildman–Crippen LogP) is 3.46. The van der Waals surface area contributed by atoms with E-state index in [1.807, 2.05) is 0 Å². The first-order valence-electron chi connectivity index (χ1n) is 10.7. The van der Waals surface area contributed by atoms with Crippen LogP contribution in [0.25, 0.3) is 0 Å². The van der Waals surface area contributed by atoms with Gasteiger partial charge in [0.25, 0.3) is 0 Å². The molecule has 4 rings (SSSR count). The second-order valence-corrected chi connectivity index (χ2v) is 8.29. The van der Waals surface area contributed by atoms with E-state index in [0.717, 1.165) is 0 Å². The summed E-state index contributed by atoms with van der Waals surface area (Å²) in [5.74, 6) is -6.00. The largest absolute Gasteiger partial charge is 0.466 e. The van der Waals surface area contributed by atoms with E-state index in [4.69, 9.17) is 9.57 Å². The molecule has 2 N–H and O–H groups in total. The molecule has 0 aromatic heterocycles. The highest BCUT2D eigenvalue weighted by atomic mass is 19.4. The van der Waals surface area contributed by atoms with Gasteiger partial charge < -0.3 is 14.7 Å². The normalized spacial score (nSPS) is 31.2. The molecule has 2 aliphatic heterocycles. The molecule has 1 fully saturated rings. The maximum atomic E-state index is 14.6. The van der Waals surface area contributed by atoms with Crippen LogP contribution in [0.3, 0.4) is 0 Å². The summed E-state index contributed by atoms with van der Waals surface area (Å²) in [6.07, 6.45) is -5.31. The number of carbonyl (C=O) groups is 2. The number of benzene rings is 2. The molecule has 2 heterocycles. The lowest BCUT2D eigenvalue weighted by Crippen LogP contribution is -2.74. The second kappa shape index (κ2) is 8.52. The van der Waals surface area contributed by atoms with Crippen LogP contribution in [0.2, 0.25) is 0 Å². The van der Waals surface area contributed by atoms with Crippen molar-refractivity contribution >= 4 is 17.7 Å². The van der Waals surface area contributed by atoms with Gasteiger partial charge in [0.15, 0.2) is 0 Å². The first kappa shape index (κ1) is 23.9. The third-order valence-electron chi connectivity index (χ3n) is 6.56. The molecule has 10 heteroatoms. The molecule has 2 aliphatic rings. The number of hydrogen-bond acceptors (Lipinski definition) is 7. The maximum absolute atomic E-state index is 14.6. The molecule has 1 saturated heterocycles. The minimum Gasteiger partial charge on any atom is -0.466 e. The number of carbonyl (C=O) groups excluding carboxylic acids is 2. The number of nitrogens with zero attached hydrogens (tertiary/aromatic N) is 1. The molecular weight excluding hydrogens is 453 g/mol. The topological polar surface area (TPSA) is 97.2 Å². The number of nitrogens with one attached hydrogen (secondary N) is 1. The van der Waals surface area contributed by atoms with Gasteiger partial charge >= 0.3 is 18.1 Å². The van der Waals surface area contributed by atoms with Gasteiger partial charge in [-0.2, -0.15) is 13.2 Å². The Morgan fingerprint density at radius 2 is 1.68 bits per heavy atom. The summed E-state index contributed by atoms with van der Waals surface area (Å²) in [7, 11) is 0. The summed E-state index contributed by atoms with van der Waals surface area (Å²) in [4.78, 5) is 31.5. The van der Waals surface area contributed by atoms with Gasteiger partial charge in [0.05, 0.1) is 18.4 Å². The Hall–Kier alpha value is -3.24. The number of rotatable bonds is 4. The average molecular weight is 476 g/mol. The predicted molar refractivity (Wildman–Crippen MR) is 114 cm³/mol. The molecule has 0 amide bonds. The number of piperidine rings is 1. The molecule has 2 aromatic rings. The quantitative estimate of drug-likeness (QED) is 0.518. The lowest BCUT2D eigenvalue weighted by molar-refractivity contribution is -0.311. The summed E-state index contributed by atoms with van der Waals surface area (Å²) in [6.45, 7) is 2.67. The van der Waals surface area contributed by atoms with Crippen LogP contribution >= 0.6 is 0 Å². The summed E-state index contributed by atoms with van der Waals surface area (Å²) < 4.78 is 48.7. The van der Waals surface area contributed by atoms with E-state index in [1.54, 1.807) is 36.4 Å². The van der Waals surface area contributed by atoms with E-state index >= 15 is 0 Å². The first-order valence-corrected chi connectivity index (χ1v) is 10.7. The van der Waals surface area contributed by atoms with Gasteiger partial charge in [0.2, 0.25) is 5.72 Å². The smallest absolute Gasteiger partial charge is 0.431 e. The molecule has 0 aliphatic carbocycles. The van der Waals surface area contributed by atoms with E-state index in [1.165, 1.54) is 38.1 Å². The molecule has 0 bridgehead atoms. The van der Waals surface area contributed by atoms with Crippen LogP contribution in [0.1, 0.15) is 36.9 Å². The number of oxime groups is 1. The summed E-state index contributed by atoms with van der Waals surface area (Å²) in [5, 5.41) is 17.2. The van der Waals surface area contributed by atoms with Gasteiger partial charge in [-0.05, 0) is 25.0 Å².